The molecule has 1 aromatic rings. The second kappa shape index (κ2) is 6.24. The summed E-state index contributed by atoms with van der Waals surface area (Å²) in [4.78, 5) is 11.0. The Morgan fingerprint density at radius 1 is 1.35 bits per heavy atom. The van der Waals surface area contributed by atoms with Crippen molar-refractivity contribution in [2.24, 2.45) is 5.92 Å². The number of carboxylic acid groups (broad SMARTS) is 1. The second-order valence-corrected chi connectivity index (χ2v) is 7.57. The maximum absolute atomic E-state index is 12.2. The van der Waals surface area contributed by atoms with Gasteiger partial charge in [-0.1, -0.05) is 12.8 Å². The van der Waals surface area contributed by atoms with Gasteiger partial charge in [-0.3, -0.25) is 0 Å². The minimum atomic E-state index is -3.65. The monoisotopic (exact) mass is 361 g/mol. The van der Waals surface area contributed by atoms with Crippen LogP contribution in [0.4, 0.5) is 0 Å². The van der Waals surface area contributed by atoms with E-state index in [2.05, 4.69) is 20.7 Å². The standard InChI is InChI=1S/C13H16BrNO4S/c14-12-6-5-10(7-11(12)13(16)17)20(18,19)15-8-9-3-1-2-4-9/h5-7,9,15H,1-4,8H2,(H,16,17). The summed E-state index contributed by atoms with van der Waals surface area (Å²) in [5, 5.41) is 9.01. The molecule has 0 unspecified atom stereocenters. The van der Waals surface area contributed by atoms with Crippen LogP contribution in [0.3, 0.4) is 0 Å². The first-order chi connectivity index (χ1) is 9.40. The van der Waals surface area contributed by atoms with Gasteiger partial charge in [-0.2, -0.15) is 0 Å². The number of rotatable bonds is 5. The number of halogens is 1. The Balaban J connectivity index is 2.16. The highest BCUT2D eigenvalue weighted by Crippen LogP contribution is 2.25. The van der Waals surface area contributed by atoms with Crippen LogP contribution in [0.5, 0.6) is 0 Å². The van der Waals surface area contributed by atoms with Crippen LogP contribution in [0.15, 0.2) is 27.6 Å². The predicted octanol–water partition coefficient (Wildman–Crippen LogP) is 2.62. The van der Waals surface area contributed by atoms with Crippen molar-refractivity contribution >= 4 is 31.9 Å². The van der Waals surface area contributed by atoms with E-state index in [9.17, 15) is 13.2 Å². The number of hydrogen-bond acceptors (Lipinski definition) is 3. The molecule has 1 aromatic carbocycles. The Bertz CT molecular complexity index is 609. The molecule has 1 fully saturated rings. The lowest BCUT2D eigenvalue weighted by molar-refractivity contribution is 0.0695. The molecule has 0 spiro atoms. The lowest BCUT2D eigenvalue weighted by Gasteiger charge is -2.12. The fourth-order valence-electron chi connectivity index (χ4n) is 2.36. The maximum atomic E-state index is 12.2. The van der Waals surface area contributed by atoms with Crippen LogP contribution in [-0.2, 0) is 10.0 Å². The lowest BCUT2D eigenvalue weighted by atomic mass is 10.1. The summed E-state index contributed by atoms with van der Waals surface area (Å²) in [6.45, 7) is 0.417. The topological polar surface area (TPSA) is 83.5 Å². The SMILES string of the molecule is O=C(O)c1cc(S(=O)(=O)NCC2CCCC2)ccc1Br. The number of hydrogen-bond donors (Lipinski definition) is 2. The molecule has 0 aromatic heterocycles. The van der Waals surface area contributed by atoms with Crippen LogP contribution < -0.4 is 4.72 Å². The molecule has 0 radical (unpaired) electrons. The summed E-state index contributed by atoms with van der Waals surface area (Å²) in [7, 11) is -3.65. The van der Waals surface area contributed by atoms with Crippen molar-refractivity contribution in [3.8, 4) is 0 Å². The van der Waals surface area contributed by atoms with Crippen LogP contribution in [0.1, 0.15) is 36.0 Å². The Morgan fingerprint density at radius 3 is 2.60 bits per heavy atom. The zero-order valence-corrected chi connectivity index (χ0v) is 13.2. The van der Waals surface area contributed by atoms with Crippen molar-refractivity contribution in [3.63, 3.8) is 0 Å². The van der Waals surface area contributed by atoms with Gasteiger partial charge < -0.3 is 5.11 Å². The molecule has 0 heterocycles. The zero-order valence-electron chi connectivity index (χ0n) is 10.8. The van der Waals surface area contributed by atoms with Gasteiger partial charge in [-0.05, 0) is 52.9 Å². The first-order valence-electron chi connectivity index (χ1n) is 6.42. The smallest absolute Gasteiger partial charge is 0.336 e. The third-order valence-electron chi connectivity index (χ3n) is 3.52. The van der Waals surface area contributed by atoms with Crippen LogP contribution in [0.25, 0.3) is 0 Å². The number of carboxylic acids is 1. The van der Waals surface area contributed by atoms with Gasteiger partial charge in [-0.25, -0.2) is 17.9 Å². The quantitative estimate of drug-likeness (QED) is 0.844. The molecule has 2 N–H and O–H groups in total. The van der Waals surface area contributed by atoms with E-state index in [1.54, 1.807) is 0 Å². The van der Waals surface area contributed by atoms with E-state index in [1.807, 2.05) is 0 Å². The predicted molar refractivity (Wildman–Crippen MR) is 78.2 cm³/mol. The van der Waals surface area contributed by atoms with Crippen molar-refractivity contribution in [1.29, 1.82) is 0 Å². The molecule has 7 heteroatoms. The molecule has 0 atom stereocenters. The number of carbonyl (C=O) groups is 1. The Hall–Kier alpha value is -0.920. The first kappa shape index (κ1) is 15.5. The van der Waals surface area contributed by atoms with Crippen LogP contribution in [0, 0.1) is 5.92 Å². The Morgan fingerprint density at radius 2 is 2.00 bits per heavy atom. The van der Waals surface area contributed by atoms with E-state index in [-0.39, 0.29) is 10.5 Å². The highest BCUT2D eigenvalue weighted by Gasteiger charge is 2.21. The van der Waals surface area contributed by atoms with E-state index in [0.29, 0.717) is 16.9 Å². The van der Waals surface area contributed by atoms with Gasteiger partial charge >= 0.3 is 5.97 Å². The molecule has 1 aliphatic carbocycles. The third-order valence-corrected chi connectivity index (χ3v) is 5.63. The molecule has 1 saturated carbocycles. The summed E-state index contributed by atoms with van der Waals surface area (Å²) in [5.74, 6) is -0.774. The van der Waals surface area contributed by atoms with E-state index in [0.717, 1.165) is 25.7 Å². The molecule has 110 valence electrons. The Labute approximate surface area is 126 Å². The molecular formula is C13H16BrNO4S. The van der Waals surface area contributed by atoms with E-state index >= 15 is 0 Å². The van der Waals surface area contributed by atoms with Gasteiger partial charge in [0.1, 0.15) is 0 Å². The number of benzene rings is 1. The Kier molecular flexibility index (Phi) is 4.82. The van der Waals surface area contributed by atoms with E-state index in [1.165, 1.54) is 18.2 Å². The number of sulfonamides is 1. The van der Waals surface area contributed by atoms with Crippen molar-refractivity contribution < 1.29 is 18.3 Å². The van der Waals surface area contributed by atoms with Crippen molar-refractivity contribution in [3.05, 3.63) is 28.2 Å². The zero-order chi connectivity index (χ0) is 14.8. The highest BCUT2D eigenvalue weighted by atomic mass is 79.9. The molecule has 0 saturated heterocycles. The normalized spacial score (nSPS) is 16.4. The molecule has 0 aliphatic heterocycles. The van der Waals surface area contributed by atoms with Crippen LogP contribution >= 0.6 is 15.9 Å². The van der Waals surface area contributed by atoms with Crippen LogP contribution in [-0.4, -0.2) is 26.0 Å². The summed E-state index contributed by atoms with van der Waals surface area (Å²) in [6, 6.07) is 4.00. The summed E-state index contributed by atoms with van der Waals surface area (Å²) < 4.78 is 27.2. The van der Waals surface area contributed by atoms with Crippen molar-refractivity contribution in [1.82, 2.24) is 4.72 Å². The summed E-state index contributed by atoms with van der Waals surface area (Å²) >= 11 is 3.09. The van der Waals surface area contributed by atoms with E-state index in [4.69, 9.17) is 5.11 Å². The summed E-state index contributed by atoms with van der Waals surface area (Å²) in [5.41, 5.74) is -0.0614. The molecule has 2 rings (SSSR count). The van der Waals surface area contributed by atoms with Gasteiger partial charge in [0.2, 0.25) is 10.0 Å². The summed E-state index contributed by atoms with van der Waals surface area (Å²) in [6.07, 6.45) is 4.38. The molecule has 0 amide bonds. The van der Waals surface area contributed by atoms with Crippen LogP contribution in [0.2, 0.25) is 0 Å². The average molecular weight is 362 g/mol. The van der Waals surface area contributed by atoms with Gasteiger partial charge in [-0.15, -0.1) is 0 Å². The minimum Gasteiger partial charge on any atom is -0.478 e. The molecule has 20 heavy (non-hydrogen) atoms. The number of aromatic carboxylic acids is 1. The lowest BCUT2D eigenvalue weighted by Crippen LogP contribution is -2.28. The molecule has 5 nitrogen and oxygen atoms in total. The molecule has 1 aliphatic rings. The second-order valence-electron chi connectivity index (χ2n) is 4.95. The van der Waals surface area contributed by atoms with Gasteiger partial charge in [0.15, 0.2) is 0 Å². The first-order valence-corrected chi connectivity index (χ1v) is 8.70. The van der Waals surface area contributed by atoms with Gasteiger partial charge in [0.05, 0.1) is 10.5 Å². The molecular weight excluding hydrogens is 346 g/mol. The van der Waals surface area contributed by atoms with Gasteiger partial charge in [0, 0.05) is 11.0 Å². The van der Waals surface area contributed by atoms with E-state index < -0.39 is 16.0 Å². The van der Waals surface area contributed by atoms with Gasteiger partial charge in [0.25, 0.3) is 0 Å². The van der Waals surface area contributed by atoms with Crippen molar-refractivity contribution in [2.45, 2.75) is 30.6 Å². The third kappa shape index (κ3) is 3.59. The fourth-order valence-corrected chi connectivity index (χ4v) is 3.92. The minimum absolute atomic E-state index is 0.0175. The average Bonchev–Trinajstić information content (AvgIpc) is 2.89. The molecule has 0 bridgehead atoms. The van der Waals surface area contributed by atoms with Crippen molar-refractivity contribution in [2.75, 3.05) is 6.54 Å². The maximum Gasteiger partial charge on any atom is 0.336 e. The fraction of sp³-hybridized carbons (Fsp3) is 0.462. The number of nitrogens with one attached hydrogen (secondary N) is 1. The highest BCUT2D eigenvalue weighted by molar-refractivity contribution is 9.10. The largest absolute Gasteiger partial charge is 0.478 e.